The van der Waals surface area contributed by atoms with E-state index in [1.54, 1.807) is 6.20 Å². The number of hydrogen-bond donors (Lipinski definition) is 0. The molecule has 5 heterocycles. The summed E-state index contributed by atoms with van der Waals surface area (Å²) in [6, 6.07) is 5.10. The average molecular weight is 382 g/mol. The number of imidazole rings is 1. The Morgan fingerprint density at radius 3 is 2.93 bits per heavy atom. The van der Waals surface area contributed by atoms with Gasteiger partial charge in [-0.3, -0.25) is 9.69 Å². The number of aromatic nitrogens is 2. The van der Waals surface area contributed by atoms with E-state index in [9.17, 15) is 4.79 Å². The van der Waals surface area contributed by atoms with E-state index in [1.807, 2.05) is 28.9 Å². The molecule has 0 N–H and O–H groups in total. The van der Waals surface area contributed by atoms with Gasteiger partial charge in [0.05, 0.1) is 5.56 Å². The zero-order chi connectivity index (χ0) is 19.3. The van der Waals surface area contributed by atoms with Gasteiger partial charge < -0.3 is 14.2 Å². The number of nitrogens with zero attached hydrogens (tertiary/aromatic N) is 5. The maximum absolute atomic E-state index is 13.4. The maximum atomic E-state index is 13.4. The van der Waals surface area contributed by atoms with Crippen molar-refractivity contribution < 1.29 is 4.79 Å². The molecule has 3 saturated heterocycles. The number of amides is 1. The van der Waals surface area contributed by atoms with Crippen molar-refractivity contribution in [3.8, 4) is 0 Å². The summed E-state index contributed by atoms with van der Waals surface area (Å²) in [4.78, 5) is 24.9. The van der Waals surface area contributed by atoms with E-state index in [4.69, 9.17) is 0 Å². The van der Waals surface area contributed by atoms with Crippen LogP contribution in [0, 0.1) is 11.8 Å². The Bertz CT molecular complexity index is 861. The van der Waals surface area contributed by atoms with E-state index >= 15 is 0 Å². The largest absolute Gasteiger partial charge is 0.338 e. The summed E-state index contributed by atoms with van der Waals surface area (Å²) < 4.78 is 1.94. The molecular formula is C22H31N5O. The van der Waals surface area contributed by atoms with E-state index in [0.717, 1.165) is 30.8 Å². The highest BCUT2D eigenvalue weighted by atomic mass is 16.2. The van der Waals surface area contributed by atoms with Gasteiger partial charge in [0.2, 0.25) is 0 Å². The first-order chi connectivity index (χ1) is 13.6. The lowest BCUT2D eigenvalue weighted by molar-refractivity contribution is -0.0702. The monoisotopic (exact) mass is 381 g/mol. The molecule has 2 aromatic heterocycles. The minimum Gasteiger partial charge on any atom is -0.338 e. The lowest BCUT2D eigenvalue weighted by atomic mass is 9.72. The molecule has 3 aliphatic rings. The molecule has 0 aliphatic carbocycles. The van der Waals surface area contributed by atoms with Crippen LogP contribution in [0.25, 0.3) is 5.65 Å². The van der Waals surface area contributed by atoms with Crippen LogP contribution < -0.4 is 0 Å². The summed E-state index contributed by atoms with van der Waals surface area (Å²) in [7, 11) is 4.36. The molecule has 0 saturated carbocycles. The number of likely N-dealkylation sites (N-methyl/N-ethyl adjacent to an activating group) is 1. The number of fused-ring (bicyclic) bond motifs is 5. The summed E-state index contributed by atoms with van der Waals surface area (Å²) in [6.07, 6.45) is 10.9. The first-order valence-corrected chi connectivity index (χ1v) is 10.7. The second kappa shape index (κ2) is 7.16. The predicted octanol–water partition coefficient (Wildman–Crippen LogP) is 2.21. The fourth-order valence-electron chi connectivity index (χ4n) is 5.93. The summed E-state index contributed by atoms with van der Waals surface area (Å²) in [5, 5.41) is 0. The quantitative estimate of drug-likeness (QED) is 0.818. The highest BCUT2D eigenvalue weighted by Crippen LogP contribution is 2.41. The molecule has 3 fully saturated rings. The molecule has 150 valence electrons. The Morgan fingerprint density at radius 1 is 1.21 bits per heavy atom. The fraction of sp³-hybridized carbons (Fsp3) is 0.636. The van der Waals surface area contributed by atoms with Gasteiger partial charge in [0.1, 0.15) is 5.65 Å². The van der Waals surface area contributed by atoms with Crippen LogP contribution in [0.2, 0.25) is 0 Å². The summed E-state index contributed by atoms with van der Waals surface area (Å²) >= 11 is 0. The van der Waals surface area contributed by atoms with Crippen molar-refractivity contribution in [1.29, 1.82) is 0 Å². The van der Waals surface area contributed by atoms with Gasteiger partial charge in [-0.2, -0.15) is 0 Å². The Morgan fingerprint density at radius 2 is 2.07 bits per heavy atom. The van der Waals surface area contributed by atoms with Crippen molar-refractivity contribution in [2.24, 2.45) is 11.8 Å². The van der Waals surface area contributed by atoms with Gasteiger partial charge in [-0.1, -0.05) is 6.42 Å². The Labute approximate surface area is 167 Å². The number of carbonyl (C=O) groups excluding carboxylic acids is 1. The van der Waals surface area contributed by atoms with Gasteiger partial charge in [0, 0.05) is 50.3 Å². The fourth-order valence-corrected chi connectivity index (χ4v) is 5.93. The van der Waals surface area contributed by atoms with Crippen LogP contribution in [-0.2, 0) is 0 Å². The third-order valence-corrected chi connectivity index (χ3v) is 7.10. The Balaban J connectivity index is 1.41. The topological polar surface area (TPSA) is 44.1 Å². The Hall–Kier alpha value is -1.92. The number of pyridine rings is 1. The molecule has 6 nitrogen and oxygen atoms in total. The summed E-state index contributed by atoms with van der Waals surface area (Å²) in [5.41, 5.74) is 1.66. The van der Waals surface area contributed by atoms with Gasteiger partial charge in [-0.25, -0.2) is 4.98 Å². The van der Waals surface area contributed by atoms with Gasteiger partial charge >= 0.3 is 0 Å². The van der Waals surface area contributed by atoms with Crippen LogP contribution in [-0.4, -0.2) is 82.3 Å². The number of piperidine rings is 3. The highest BCUT2D eigenvalue weighted by Gasteiger charge is 2.47. The molecule has 0 aromatic carbocycles. The number of likely N-dealkylation sites (tertiary alicyclic amines) is 1. The van der Waals surface area contributed by atoms with Gasteiger partial charge in [0.25, 0.3) is 5.91 Å². The minimum atomic E-state index is 0.179. The number of carbonyl (C=O) groups is 1. The lowest BCUT2D eigenvalue weighted by Crippen LogP contribution is -2.65. The van der Waals surface area contributed by atoms with Crippen LogP contribution in [0.4, 0.5) is 0 Å². The molecule has 3 aliphatic heterocycles. The van der Waals surface area contributed by atoms with Crippen LogP contribution >= 0.6 is 0 Å². The molecule has 2 bridgehead atoms. The van der Waals surface area contributed by atoms with E-state index in [1.165, 1.54) is 32.2 Å². The maximum Gasteiger partial charge on any atom is 0.255 e. The van der Waals surface area contributed by atoms with Crippen LogP contribution in [0.3, 0.4) is 0 Å². The third kappa shape index (κ3) is 3.12. The van der Waals surface area contributed by atoms with Crippen LogP contribution in [0.15, 0.2) is 30.7 Å². The third-order valence-electron chi connectivity index (χ3n) is 7.10. The smallest absolute Gasteiger partial charge is 0.255 e. The van der Waals surface area contributed by atoms with E-state index < -0.39 is 0 Å². The molecular weight excluding hydrogens is 350 g/mol. The van der Waals surface area contributed by atoms with Crippen molar-refractivity contribution >= 4 is 11.6 Å². The first-order valence-electron chi connectivity index (χ1n) is 10.7. The number of rotatable bonds is 3. The lowest BCUT2D eigenvalue weighted by Gasteiger charge is -2.57. The van der Waals surface area contributed by atoms with Crippen molar-refractivity contribution in [2.45, 2.75) is 37.8 Å². The second-order valence-electron chi connectivity index (χ2n) is 9.21. The van der Waals surface area contributed by atoms with Gasteiger partial charge in [-0.15, -0.1) is 0 Å². The van der Waals surface area contributed by atoms with Crippen molar-refractivity contribution in [3.05, 3.63) is 36.3 Å². The normalized spacial score (nSPS) is 30.6. The van der Waals surface area contributed by atoms with Crippen LogP contribution in [0.1, 0.15) is 36.0 Å². The molecule has 2 aromatic rings. The van der Waals surface area contributed by atoms with Crippen molar-refractivity contribution in [2.75, 3.05) is 40.3 Å². The molecule has 0 unspecified atom stereocenters. The highest BCUT2D eigenvalue weighted by molar-refractivity contribution is 5.94. The molecule has 28 heavy (non-hydrogen) atoms. The molecule has 1 amide bonds. The second-order valence-corrected chi connectivity index (χ2v) is 9.21. The zero-order valence-electron chi connectivity index (χ0n) is 17.0. The average Bonchev–Trinajstić information content (AvgIpc) is 3.18. The standard InChI is InChI=1S/C22H31N5O/c1-24(2)15-20-18-11-17(19-5-3-4-9-27(19)20)13-26(14-18)22(28)16-6-7-21-23-8-10-25(21)12-16/h6-8,10,12,17-20H,3-5,9,11,13-15H2,1-2H3/t17-,18+,19+,20+/m1/s1. The predicted molar refractivity (Wildman–Crippen MR) is 109 cm³/mol. The Kier molecular flexibility index (Phi) is 4.63. The summed E-state index contributed by atoms with van der Waals surface area (Å²) in [5.74, 6) is 1.38. The van der Waals surface area contributed by atoms with Gasteiger partial charge in [-0.05, 0) is 63.9 Å². The van der Waals surface area contributed by atoms with Crippen LogP contribution in [0.5, 0.6) is 0 Å². The van der Waals surface area contributed by atoms with E-state index in [-0.39, 0.29) is 5.91 Å². The molecule has 0 spiro atoms. The van der Waals surface area contributed by atoms with Gasteiger partial charge in [0.15, 0.2) is 0 Å². The SMILES string of the molecule is CN(C)C[C@H]1[C@H]2C[C@H](CN(C(=O)c3ccc4nccn4c3)C2)[C@@H]2CCCCN21. The molecule has 6 heteroatoms. The van der Waals surface area contributed by atoms with E-state index in [2.05, 4.69) is 33.8 Å². The molecule has 5 rings (SSSR count). The first kappa shape index (κ1) is 18.1. The summed E-state index contributed by atoms with van der Waals surface area (Å²) in [6.45, 7) is 4.13. The van der Waals surface area contributed by atoms with E-state index in [0.29, 0.717) is 23.9 Å². The molecule has 0 radical (unpaired) electrons. The molecule has 4 atom stereocenters. The number of hydrogen-bond acceptors (Lipinski definition) is 4. The van der Waals surface area contributed by atoms with Crippen molar-refractivity contribution in [1.82, 2.24) is 24.1 Å². The van der Waals surface area contributed by atoms with Crippen molar-refractivity contribution in [3.63, 3.8) is 0 Å². The zero-order valence-corrected chi connectivity index (χ0v) is 17.0. The minimum absolute atomic E-state index is 0.179.